The average Bonchev–Trinajstić information content (AvgIpc) is 2.04. The van der Waals surface area contributed by atoms with Crippen LogP contribution in [0.3, 0.4) is 0 Å². The first-order valence-electron chi connectivity index (χ1n) is 2.98. The molecule has 0 amide bonds. The molecular formula is C6H5Cl2N3O. The van der Waals surface area contributed by atoms with Crippen molar-refractivity contribution in [3.63, 3.8) is 0 Å². The molecule has 0 saturated heterocycles. The van der Waals surface area contributed by atoms with Crippen LogP contribution in [0.25, 0.3) is 0 Å². The Bertz CT molecular complexity index is 283. The molecular weight excluding hydrogens is 201 g/mol. The van der Waals surface area contributed by atoms with Crippen molar-refractivity contribution in [3.05, 3.63) is 22.2 Å². The summed E-state index contributed by atoms with van der Waals surface area (Å²) in [7, 11) is 1.42. The number of halogens is 2. The highest BCUT2D eigenvalue weighted by atomic mass is 35.5. The van der Waals surface area contributed by atoms with Gasteiger partial charge in [-0.25, -0.2) is 9.97 Å². The van der Waals surface area contributed by atoms with Crippen LogP contribution >= 0.6 is 23.2 Å². The second-order valence-electron chi connectivity index (χ2n) is 1.79. The van der Waals surface area contributed by atoms with Crippen molar-refractivity contribution in [2.75, 3.05) is 7.11 Å². The number of nitrogens with zero attached hydrogens (tertiary/aromatic N) is 3. The topological polar surface area (TPSA) is 47.4 Å². The van der Waals surface area contributed by atoms with E-state index in [9.17, 15) is 0 Å². The number of oxime groups is 1. The maximum absolute atomic E-state index is 5.68. The van der Waals surface area contributed by atoms with E-state index in [1.165, 1.54) is 19.7 Å². The van der Waals surface area contributed by atoms with Crippen LogP contribution in [0.2, 0.25) is 10.3 Å². The fraction of sp³-hybridized carbons (Fsp3) is 0.167. The third-order valence-corrected chi connectivity index (χ3v) is 1.68. The summed E-state index contributed by atoms with van der Waals surface area (Å²) in [5.41, 5.74) is 0.447. The Morgan fingerprint density at radius 1 is 1.42 bits per heavy atom. The van der Waals surface area contributed by atoms with E-state index in [1.54, 1.807) is 0 Å². The van der Waals surface area contributed by atoms with Crippen molar-refractivity contribution < 1.29 is 4.84 Å². The second kappa shape index (κ2) is 4.23. The first-order chi connectivity index (χ1) is 5.75. The zero-order valence-corrected chi connectivity index (χ0v) is 7.67. The van der Waals surface area contributed by atoms with Crippen LogP contribution in [0, 0.1) is 0 Å². The lowest BCUT2D eigenvalue weighted by Gasteiger charge is -1.96. The predicted octanol–water partition coefficient (Wildman–Crippen LogP) is 1.76. The van der Waals surface area contributed by atoms with Gasteiger partial charge in [0.1, 0.15) is 23.7 Å². The first-order valence-corrected chi connectivity index (χ1v) is 3.74. The predicted molar refractivity (Wildman–Crippen MR) is 46.7 cm³/mol. The average molecular weight is 206 g/mol. The molecule has 0 aliphatic heterocycles. The molecule has 1 rings (SSSR count). The number of hydrogen-bond acceptors (Lipinski definition) is 4. The summed E-state index contributed by atoms with van der Waals surface area (Å²) in [5, 5.41) is 3.98. The Hall–Kier alpha value is -0.870. The maximum atomic E-state index is 5.68. The van der Waals surface area contributed by atoms with E-state index >= 15 is 0 Å². The Kier molecular flexibility index (Phi) is 3.25. The molecule has 0 bridgehead atoms. The monoisotopic (exact) mass is 205 g/mol. The lowest BCUT2D eigenvalue weighted by Crippen LogP contribution is -1.91. The van der Waals surface area contributed by atoms with Gasteiger partial charge in [0.25, 0.3) is 0 Å². The third-order valence-electron chi connectivity index (χ3n) is 1.07. The zero-order chi connectivity index (χ0) is 8.97. The summed E-state index contributed by atoms with van der Waals surface area (Å²) in [6.07, 6.45) is 2.62. The van der Waals surface area contributed by atoms with Crippen molar-refractivity contribution in [2.45, 2.75) is 0 Å². The van der Waals surface area contributed by atoms with Gasteiger partial charge in [0, 0.05) is 0 Å². The number of aromatic nitrogens is 2. The van der Waals surface area contributed by atoms with Crippen LogP contribution in [-0.4, -0.2) is 23.3 Å². The van der Waals surface area contributed by atoms with Gasteiger partial charge in [0.2, 0.25) is 0 Å². The van der Waals surface area contributed by atoms with Crippen LogP contribution in [0.5, 0.6) is 0 Å². The smallest absolute Gasteiger partial charge is 0.142 e. The highest BCUT2D eigenvalue weighted by Crippen LogP contribution is 2.16. The SMILES string of the molecule is CON=Cc1c(Cl)ncnc1Cl. The highest BCUT2D eigenvalue weighted by molar-refractivity contribution is 6.37. The standard InChI is InChI=1S/C6H5Cl2N3O/c1-12-11-2-4-5(7)9-3-10-6(4)8/h2-3H,1H3. The summed E-state index contributed by atoms with van der Waals surface area (Å²) < 4.78 is 0. The van der Waals surface area contributed by atoms with Crippen molar-refractivity contribution in [1.29, 1.82) is 0 Å². The Morgan fingerprint density at radius 3 is 2.50 bits per heavy atom. The Balaban J connectivity index is 3.04. The van der Waals surface area contributed by atoms with Gasteiger partial charge in [-0.15, -0.1) is 0 Å². The van der Waals surface area contributed by atoms with Crippen LogP contribution in [-0.2, 0) is 4.84 Å². The Morgan fingerprint density at radius 2 is 2.00 bits per heavy atom. The molecule has 0 radical (unpaired) electrons. The molecule has 1 heterocycles. The minimum atomic E-state index is 0.246. The molecule has 0 unspecified atom stereocenters. The maximum Gasteiger partial charge on any atom is 0.142 e. The zero-order valence-electron chi connectivity index (χ0n) is 6.16. The molecule has 1 aromatic rings. The molecule has 1 aromatic heterocycles. The van der Waals surface area contributed by atoms with E-state index in [0.717, 1.165) is 0 Å². The van der Waals surface area contributed by atoms with Gasteiger partial charge in [-0.05, 0) is 0 Å². The highest BCUT2D eigenvalue weighted by Gasteiger charge is 2.04. The van der Waals surface area contributed by atoms with E-state index < -0.39 is 0 Å². The summed E-state index contributed by atoms with van der Waals surface area (Å²) in [5.74, 6) is 0. The molecule has 4 nitrogen and oxygen atoms in total. The Labute approximate surface area is 79.2 Å². The van der Waals surface area contributed by atoms with E-state index in [2.05, 4.69) is 20.0 Å². The van der Waals surface area contributed by atoms with Gasteiger partial charge in [0.05, 0.1) is 11.8 Å². The summed E-state index contributed by atoms with van der Waals surface area (Å²) in [4.78, 5) is 11.9. The van der Waals surface area contributed by atoms with Gasteiger partial charge in [-0.2, -0.15) is 0 Å². The van der Waals surface area contributed by atoms with Crippen molar-refractivity contribution in [2.24, 2.45) is 5.16 Å². The van der Waals surface area contributed by atoms with Gasteiger partial charge in [0.15, 0.2) is 0 Å². The lowest BCUT2D eigenvalue weighted by molar-refractivity contribution is 0.215. The fourth-order valence-electron chi connectivity index (χ4n) is 0.566. The van der Waals surface area contributed by atoms with Crippen molar-refractivity contribution in [3.8, 4) is 0 Å². The summed E-state index contributed by atoms with van der Waals surface area (Å²) in [6, 6.07) is 0. The van der Waals surface area contributed by atoms with Crippen LogP contribution in [0.15, 0.2) is 11.5 Å². The molecule has 0 spiro atoms. The fourth-order valence-corrected chi connectivity index (χ4v) is 0.979. The molecule has 12 heavy (non-hydrogen) atoms. The minimum Gasteiger partial charge on any atom is -0.399 e. The largest absolute Gasteiger partial charge is 0.399 e. The summed E-state index contributed by atoms with van der Waals surface area (Å²) in [6.45, 7) is 0. The van der Waals surface area contributed by atoms with E-state index in [0.29, 0.717) is 5.56 Å². The minimum absolute atomic E-state index is 0.246. The molecule has 0 atom stereocenters. The van der Waals surface area contributed by atoms with E-state index in [1.807, 2.05) is 0 Å². The molecule has 64 valence electrons. The van der Waals surface area contributed by atoms with Crippen LogP contribution in [0.1, 0.15) is 5.56 Å². The molecule has 0 N–H and O–H groups in total. The molecule has 0 aromatic carbocycles. The van der Waals surface area contributed by atoms with Crippen LogP contribution < -0.4 is 0 Å². The van der Waals surface area contributed by atoms with Gasteiger partial charge in [-0.1, -0.05) is 28.4 Å². The van der Waals surface area contributed by atoms with Gasteiger partial charge >= 0.3 is 0 Å². The quantitative estimate of drug-likeness (QED) is 0.420. The molecule has 0 fully saturated rings. The van der Waals surface area contributed by atoms with Gasteiger partial charge < -0.3 is 4.84 Å². The van der Waals surface area contributed by atoms with E-state index in [4.69, 9.17) is 23.2 Å². The second-order valence-corrected chi connectivity index (χ2v) is 2.50. The molecule has 0 saturated carbocycles. The van der Waals surface area contributed by atoms with Crippen LogP contribution in [0.4, 0.5) is 0 Å². The molecule has 0 aliphatic carbocycles. The van der Waals surface area contributed by atoms with Crippen molar-refractivity contribution >= 4 is 29.4 Å². The number of hydrogen-bond donors (Lipinski definition) is 0. The lowest BCUT2D eigenvalue weighted by atomic mass is 10.4. The summed E-state index contributed by atoms with van der Waals surface area (Å²) >= 11 is 11.4. The van der Waals surface area contributed by atoms with Crippen molar-refractivity contribution in [1.82, 2.24) is 9.97 Å². The van der Waals surface area contributed by atoms with Gasteiger partial charge in [-0.3, -0.25) is 0 Å². The third kappa shape index (κ3) is 2.06. The van der Waals surface area contributed by atoms with E-state index in [-0.39, 0.29) is 10.3 Å². The molecule has 0 aliphatic rings. The first kappa shape index (κ1) is 9.22. The molecule has 6 heteroatoms. The normalized spacial score (nSPS) is 10.6. The number of rotatable bonds is 2.